The standard InChI is InChI=1S/C16H19NO3/c1-16(15(18)19)6-8-17(9-7-16)10-12-11-20-14-5-3-2-4-13(12)14/h2-5,11H,6-10H2,1H3,(H,18,19). The number of carbonyl (C=O) groups is 1. The maximum absolute atomic E-state index is 11.2. The quantitative estimate of drug-likeness (QED) is 0.933. The van der Waals surface area contributed by atoms with Crippen molar-refractivity contribution in [3.8, 4) is 0 Å². The molecule has 0 aliphatic carbocycles. The Morgan fingerprint density at radius 2 is 2.05 bits per heavy atom. The molecule has 106 valence electrons. The van der Waals surface area contributed by atoms with Crippen LogP contribution < -0.4 is 0 Å². The van der Waals surface area contributed by atoms with Gasteiger partial charge in [0, 0.05) is 17.5 Å². The van der Waals surface area contributed by atoms with Gasteiger partial charge < -0.3 is 9.52 Å². The third kappa shape index (κ3) is 2.31. The van der Waals surface area contributed by atoms with Crippen molar-refractivity contribution >= 4 is 16.9 Å². The minimum atomic E-state index is -0.675. The first-order chi connectivity index (χ1) is 9.58. The van der Waals surface area contributed by atoms with E-state index in [1.807, 2.05) is 31.4 Å². The molecule has 0 saturated carbocycles. The van der Waals surface area contributed by atoms with Crippen LogP contribution in [0.4, 0.5) is 0 Å². The van der Waals surface area contributed by atoms with Gasteiger partial charge in [-0.25, -0.2) is 0 Å². The van der Waals surface area contributed by atoms with Gasteiger partial charge in [-0.3, -0.25) is 9.69 Å². The van der Waals surface area contributed by atoms with Crippen LogP contribution in [-0.2, 0) is 11.3 Å². The predicted octanol–water partition coefficient (Wildman–Crippen LogP) is 3.12. The van der Waals surface area contributed by atoms with E-state index in [0.717, 1.165) is 30.6 Å². The Bertz CT molecular complexity index is 623. The number of likely N-dealkylation sites (tertiary alicyclic amines) is 1. The summed E-state index contributed by atoms with van der Waals surface area (Å²) < 4.78 is 5.55. The second-order valence-corrected chi connectivity index (χ2v) is 5.90. The lowest BCUT2D eigenvalue weighted by atomic mass is 9.80. The number of hydrogen-bond donors (Lipinski definition) is 1. The van der Waals surface area contributed by atoms with Crippen molar-refractivity contribution in [2.24, 2.45) is 5.41 Å². The van der Waals surface area contributed by atoms with Crippen LogP contribution in [0.15, 0.2) is 34.9 Å². The van der Waals surface area contributed by atoms with E-state index in [4.69, 9.17) is 4.42 Å². The molecular formula is C16H19NO3. The molecule has 1 fully saturated rings. The first kappa shape index (κ1) is 13.2. The van der Waals surface area contributed by atoms with Crippen LogP contribution in [0.3, 0.4) is 0 Å². The van der Waals surface area contributed by atoms with Gasteiger partial charge >= 0.3 is 5.97 Å². The van der Waals surface area contributed by atoms with Crippen LogP contribution in [0.2, 0.25) is 0 Å². The molecule has 0 unspecified atom stereocenters. The molecule has 0 amide bonds. The maximum atomic E-state index is 11.2. The monoisotopic (exact) mass is 273 g/mol. The summed E-state index contributed by atoms with van der Waals surface area (Å²) in [5.74, 6) is -0.675. The van der Waals surface area contributed by atoms with Gasteiger partial charge in [-0.15, -0.1) is 0 Å². The second kappa shape index (κ2) is 4.94. The average Bonchev–Trinajstić information content (AvgIpc) is 2.85. The molecule has 4 heteroatoms. The molecule has 1 aromatic heterocycles. The molecule has 1 aromatic carbocycles. The normalized spacial score (nSPS) is 19.2. The molecule has 1 aliphatic heterocycles. The summed E-state index contributed by atoms with van der Waals surface area (Å²) in [7, 11) is 0. The maximum Gasteiger partial charge on any atom is 0.309 e. The van der Waals surface area contributed by atoms with Crippen molar-refractivity contribution in [2.75, 3.05) is 13.1 Å². The number of fused-ring (bicyclic) bond motifs is 1. The van der Waals surface area contributed by atoms with E-state index in [0.29, 0.717) is 12.8 Å². The van der Waals surface area contributed by atoms with Crippen LogP contribution in [0.25, 0.3) is 11.0 Å². The van der Waals surface area contributed by atoms with Crippen molar-refractivity contribution in [3.05, 3.63) is 36.1 Å². The van der Waals surface area contributed by atoms with Gasteiger partial charge in [-0.05, 0) is 38.9 Å². The fourth-order valence-electron chi connectivity index (χ4n) is 2.81. The van der Waals surface area contributed by atoms with Gasteiger partial charge in [-0.1, -0.05) is 18.2 Å². The molecule has 3 rings (SSSR count). The number of piperidine rings is 1. The zero-order valence-electron chi connectivity index (χ0n) is 11.6. The van der Waals surface area contributed by atoms with Crippen molar-refractivity contribution in [2.45, 2.75) is 26.3 Å². The van der Waals surface area contributed by atoms with Gasteiger partial charge in [0.05, 0.1) is 11.7 Å². The Morgan fingerprint density at radius 1 is 1.35 bits per heavy atom. The van der Waals surface area contributed by atoms with E-state index < -0.39 is 11.4 Å². The second-order valence-electron chi connectivity index (χ2n) is 5.90. The van der Waals surface area contributed by atoms with Gasteiger partial charge in [0.1, 0.15) is 5.58 Å². The van der Waals surface area contributed by atoms with Crippen LogP contribution >= 0.6 is 0 Å². The highest BCUT2D eigenvalue weighted by Gasteiger charge is 2.36. The zero-order chi connectivity index (χ0) is 14.2. The first-order valence-corrected chi connectivity index (χ1v) is 6.99. The Morgan fingerprint density at radius 3 is 2.75 bits per heavy atom. The number of carboxylic acids is 1. The van der Waals surface area contributed by atoms with Gasteiger partial charge in [-0.2, -0.15) is 0 Å². The summed E-state index contributed by atoms with van der Waals surface area (Å²) in [5, 5.41) is 10.4. The summed E-state index contributed by atoms with van der Waals surface area (Å²) in [6.07, 6.45) is 3.23. The molecule has 0 radical (unpaired) electrons. The van der Waals surface area contributed by atoms with Crippen LogP contribution in [0, 0.1) is 5.41 Å². The third-order valence-electron chi connectivity index (χ3n) is 4.43. The molecule has 4 nitrogen and oxygen atoms in total. The SMILES string of the molecule is CC1(C(=O)O)CCN(Cc2coc3ccccc23)CC1. The molecule has 20 heavy (non-hydrogen) atoms. The van der Waals surface area contributed by atoms with E-state index in [1.54, 1.807) is 0 Å². The molecule has 0 bridgehead atoms. The van der Waals surface area contributed by atoms with Gasteiger partial charge in [0.15, 0.2) is 0 Å². The average molecular weight is 273 g/mol. The van der Waals surface area contributed by atoms with Crippen molar-refractivity contribution in [1.82, 2.24) is 4.90 Å². The molecular weight excluding hydrogens is 254 g/mol. The summed E-state index contributed by atoms with van der Waals surface area (Å²) >= 11 is 0. The van der Waals surface area contributed by atoms with E-state index in [2.05, 4.69) is 11.0 Å². The number of hydrogen-bond acceptors (Lipinski definition) is 3. The van der Waals surface area contributed by atoms with Gasteiger partial charge in [0.25, 0.3) is 0 Å². The van der Waals surface area contributed by atoms with Crippen molar-refractivity contribution in [3.63, 3.8) is 0 Å². The minimum Gasteiger partial charge on any atom is -0.481 e. The lowest BCUT2D eigenvalue weighted by Crippen LogP contribution is -2.42. The number of para-hydroxylation sites is 1. The molecule has 1 saturated heterocycles. The number of furan rings is 1. The summed E-state index contributed by atoms with van der Waals surface area (Å²) in [6, 6.07) is 8.02. The number of benzene rings is 1. The van der Waals surface area contributed by atoms with E-state index in [-0.39, 0.29) is 0 Å². The number of aliphatic carboxylic acids is 1. The largest absolute Gasteiger partial charge is 0.481 e. The smallest absolute Gasteiger partial charge is 0.309 e. The topological polar surface area (TPSA) is 53.7 Å². The predicted molar refractivity (Wildman–Crippen MR) is 76.5 cm³/mol. The lowest BCUT2D eigenvalue weighted by Gasteiger charge is -2.36. The van der Waals surface area contributed by atoms with Gasteiger partial charge in [0.2, 0.25) is 0 Å². The van der Waals surface area contributed by atoms with Crippen molar-refractivity contribution < 1.29 is 14.3 Å². The fraction of sp³-hybridized carbons (Fsp3) is 0.438. The highest BCUT2D eigenvalue weighted by Crippen LogP contribution is 2.32. The molecule has 1 aliphatic rings. The molecule has 2 heterocycles. The van der Waals surface area contributed by atoms with E-state index >= 15 is 0 Å². The molecule has 1 N–H and O–H groups in total. The van der Waals surface area contributed by atoms with Crippen LogP contribution in [0.1, 0.15) is 25.3 Å². The summed E-state index contributed by atoms with van der Waals surface area (Å²) in [6.45, 7) is 4.32. The van der Waals surface area contributed by atoms with E-state index in [1.165, 1.54) is 5.56 Å². The number of nitrogens with zero attached hydrogens (tertiary/aromatic N) is 1. The van der Waals surface area contributed by atoms with Crippen molar-refractivity contribution in [1.29, 1.82) is 0 Å². The molecule has 2 aromatic rings. The molecule has 0 atom stereocenters. The first-order valence-electron chi connectivity index (χ1n) is 6.99. The van der Waals surface area contributed by atoms with Crippen LogP contribution in [0.5, 0.6) is 0 Å². The zero-order valence-corrected chi connectivity index (χ0v) is 11.6. The molecule has 0 spiro atoms. The number of carboxylic acid groups (broad SMARTS) is 1. The Labute approximate surface area is 118 Å². The highest BCUT2D eigenvalue weighted by molar-refractivity contribution is 5.80. The Hall–Kier alpha value is -1.81. The fourth-order valence-corrected chi connectivity index (χ4v) is 2.81. The summed E-state index contributed by atoms with van der Waals surface area (Å²) in [5.41, 5.74) is 1.53. The number of rotatable bonds is 3. The Balaban J connectivity index is 1.70. The highest BCUT2D eigenvalue weighted by atomic mass is 16.4. The lowest BCUT2D eigenvalue weighted by molar-refractivity contribution is -0.150. The minimum absolute atomic E-state index is 0.561. The summed E-state index contributed by atoms with van der Waals surface area (Å²) in [4.78, 5) is 13.5. The van der Waals surface area contributed by atoms with E-state index in [9.17, 15) is 9.90 Å². The third-order valence-corrected chi connectivity index (χ3v) is 4.43. The Kier molecular flexibility index (Phi) is 3.26. The van der Waals surface area contributed by atoms with Crippen LogP contribution in [-0.4, -0.2) is 29.1 Å².